The van der Waals surface area contributed by atoms with E-state index in [0.29, 0.717) is 17.9 Å². The summed E-state index contributed by atoms with van der Waals surface area (Å²) in [7, 11) is 1.86. The molecule has 5 nitrogen and oxygen atoms in total. The van der Waals surface area contributed by atoms with Gasteiger partial charge in [-0.15, -0.1) is 0 Å². The zero-order valence-corrected chi connectivity index (χ0v) is 10.3. The zero-order valence-electron chi connectivity index (χ0n) is 10.3. The number of carbonyl (C=O) groups excluding carboxylic acids is 2. The summed E-state index contributed by atoms with van der Waals surface area (Å²) in [4.78, 5) is 24.8. The lowest BCUT2D eigenvalue weighted by molar-refractivity contribution is -0.134. The maximum absolute atomic E-state index is 11.9. The van der Waals surface area contributed by atoms with Crippen molar-refractivity contribution in [3.8, 4) is 0 Å². The molecular weight excluding hydrogens is 218 g/mol. The fourth-order valence-electron chi connectivity index (χ4n) is 2.43. The first-order valence-electron chi connectivity index (χ1n) is 6.36. The summed E-state index contributed by atoms with van der Waals surface area (Å²) in [6.07, 6.45) is 4.98. The van der Waals surface area contributed by atoms with Crippen LogP contribution in [-0.2, 0) is 9.59 Å². The van der Waals surface area contributed by atoms with E-state index in [1.165, 1.54) is 25.7 Å². The number of nitrogens with zero attached hydrogens (tertiary/aromatic N) is 1. The van der Waals surface area contributed by atoms with E-state index in [1.807, 2.05) is 11.9 Å². The minimum Gasteiger partial charge on any atom is -0.346 e. The van der Waals surface area contributed by atoms with E-state index in [9.17, 15) is 9.59 Å². The van der Waals surface area contributed by atoms with Crippen LogP contribution in [0.5, 0.6) is 0 Å². The van der Waals surface area contributed by atoms with Crippen LogP contribution in [0.1, 0.15) is 25.7 Å². The van der Waals surface area contributed by atoms with E-state index in [-0.39, 0.29) is 24.9 Å². The third-order valence-corrected chi connectivity index (χ3v) is 3.67. The van der Waals surface area contributed by atoms with E-state index >= 15 is 0 Å². The van der Waals surface area contributed by atoms with E-state index in [4.69, 9.17) is 5.73 Å². The number of nitrogens with one attached hydrogen (secondary N) is 1. The normalized spacial score (nSPS) is 19.2. The van der Waals surface area contributed by atoms with Crippen molar-refractivity contribution in [1.29, 1.82) is 0 Å². The average molecular weight is 239 g/mol. The van der Waals surface area contributed by atoms with E-state index in [2.05, 4.69) is 5.32 Å². The Morgan fingerprint density at radius 3 is 2.24 bits per heavy atom. The molecule has 0 spiro atoms. The van der Waals surface area contributed by atoms with Gasteiger partial charge in [-0.05, 0) is 37.5 Å². The van der Waals surface area contributed by atoms with Crippen molar-refractivity contribution in [1.82, 2.24) is 10.2 Å². The van der Waals surface area contributed by atoms with Crippen LogP contribution in [-0.4, -0.2) is 42.9 Å². The van der Waals surface area contributed by atoms with Crippen molar-refractivity contribution in [2.45, 2.75) is 31.7 Å². The summed E-state index contributed by atoms with van der Waals surface area (Å²) in [5.74, 6) is 1.11. The fraction of sp³-hybridized carbons (Fsp3) is 0.833. The highest BCUT2D eigenvalue weighted by Crippen LogP contribution is 2.46. The smallest absolute Gasteiger partial charge is 0.241 e. The maximum Gasteiger partial charge on any atom is 0.241 e. The van der Waals surface area contributed by atoms with Crippen LogP contribution in [0, 0.1) is 11.8 Å². The highest BCUT2D eigenvalue weighted by atomic mass is 16.2. The lowest BCUT2D eigenvalue weighted by Crippen LogP contribution is -2.46. The van der Waals surface area contributed by atoms with E-state index in [0.717, 1.165) is 0 Å². The molecule has 96 valence electrons. The van der Waals surface area contributed by atoms with Crippen molar-refractivity contribution < 1.29 is 9.59 Å². The van der Waals surface area contributed by atoms with Crippen molar-refractivity contribution in [3.05, 3.63) is 0 Å². The Hall–Kier alpha value is -1.10. The van der Waals surface area contributed by atoms with Gasteiger partial charge in [0, 0.05) is 13.1 Å². The number of carbonyl (C=O) groups is 2. The highest BCUT2D eigenvalue weighted by molar-refractivity contribution is 5.85. The van der Waals surface area contributed by atoms with Gasteiger partial charge in [0.2, 0.25) is 11.8 Å². The lowest BCUT2D eigenvalue weighted by atomic mass is 10.1. The second-order valence-corrected chi connectivity index (χ2v) is 5.15. The van der Waals surface area contributed by atoms with Crippen molar-refractivity contribution in [2.24, 2.45) is 17.6 Å². The molecule has 0 aliphatic heterocycles. The SMILES string of the molecule is CN(C(=O)CNC(=O)CN)C(C1CC1)C1CC1. The van der Waals surface area contributed by atoms with Crippen LogP contribution in [0.15, 0.2) is 0 Å². The van der Waals surface area contributed by atoms with Crippen LogP contribution in [0.2, 0.25) is 0 Å². The minimum absolute atomic E-state index is 0.00407. The highest BCUT2D eigenvalue weighted by Gasteiger charge is 2.44. The monoisotopic (exact) mass is 239 g/mol. The number of amides is 2. The second-order valence-electron chi connectivity index (χ2n) is 5.15. The van der Waals surface area contributed by atoms with Crippen LogP contribution in [0.4, 0.5) is 0 Å². The summed E-state index contributed by atoms with van der Waals surface area (Å²) >= 11 is 0. The molecule has 0 unspecified atom stereocenters. The Bertz CT molecular complexity index is 299. The van der Waals surface area contributed by atoms with E-state index in [1.54, 1.807) is 0 Å². The number of likely N-dealkylation sites (N-methyl/N-ethyl adjacent to an activating group) is 1. The molecule has 0 atom stereocenters. The molecule has 2 aliphatic carbocycles. The predicted molar refractivity (Wildman–Crippen MR) is 64.1 cm³/mol. The molecule has 0 aromatic heterocycles. The topological polar surface area (TPSA) is 75.4 Å². The van der Waals surface area contributed by atoms with Crippen LogP contribution < -0.4 is 11.1 Å². The molecular formula is C12H21N3O2. The molecule has 2 saturated carbocycles. The average Bonchev–Trinajstić information content (AvgIpc) is 3.17. The summed E-state index contributed by atoms with van der Waals surface area (Å²) < 4.78 is 0. The molecule has 0 heterocycles. The van der Waals surface area contributed by atoms with Crippen LogP contribution in [0.25, 0.3) is 0 Å². The minimum atomic E-state index is -0.277. The molecule has 17 heavy (non-hydrogen) atoms. The molecule has 5 heteroatoms. The van der Waals surface area contributed by atoms with Gasteiger partial charge in [-0.3, -0.25) is 9.59 Å². The molecule has 2 fully saturated rings. The molecule has 3 N–H and O–H groups in total. The van der Waals surface area contributed by atoms with E-state index < -0.39 is 0 Å². The van der Waals surface area contributed by atoms with Gasteiger partial charge < -0.3 is 16.0 Å². The molecule has 2 amide bonds. The predicted octanol–water partition coefficient (Wildman–Crippen LogP) is -0.292. The summed E-state index contributed by atoms with van der Waals surface area (Å²) in [6.45, 7) is 0.00808. The van der Waals surface area contributed by atoms with Crippen LogP contribution >= 0.6 is 0 Å². The van der Waals surface area contributed by atoms with Crippen molar-refractivity contribution >= 4 is 11.8 Å². The van der Waals surface area contributed by atoms with Gasteiger partial charge >= 0.3 is 0 Å². The van der Waals surface area contributed by atoms with Gasteiger partial charge in [-0.1, -0.05) is 0 Å². The number of hydrogen-bond acceptors (Lipinski definition) is 3. The van der Waals surface area contributed by atoms with Gasteiger partial charge in [-0.2, -0.15) is 0 Å². The number of rotatable bonds is 6. The van der Waals surface area contributed by atoms with Gasteiger partial charge in [-0.25, -0.2) is 0 Å². The number of nitrogens with two attached hydrogens (primary N) is 1. The quantitative estimate of drug-likeness (QED) is 0.668. The zero-order chi connectivity index (χ0) is 12.4. The molecule has 0 radical (unpaired) electrons. The Balaban J connectivity index is 1.82. The Morgan fingerprint density at radius 2 is 1.82 bits per heavy atom. The third kappa shape index (κ3) is 3.19. The molecule has 0 aromatic carbocycles. The lowest BCUT2D eigenvalue weighted by Gasteiger charge is -2.28. The largest absolute Gasteiger partial charge is 0.346 e. The van der Waals surface area contributed by atoms with Crippen molar-refractivity contribution in [3.63, 3.8) is 0 Å². The summed E-state index contributed by atoms with van der Waals surface area (Å²) in [6, 6.07) is 0.400. The van der Waals surface area contributed by atoms with Crippen LogP contribution in [0.3, 0.4) is 0 Å². The summed E-state index contributed by atoms with van der Waals surface area (Å²) in [5, 5.41) is 2.53. The Labute approximate surface area is 102 Å². The molecule has 0 bridgehead atoms. The van der Waals surface area contributed by atoms with Gasteiger partial charge in [0.15, 0.2) is 0 Å². The second kappa shape index (κ2) is 5.04. The molecule has 2 rings (SSSR count). The first-order valence-corrected chi connectivity index (χ1v) is 6.36. The standard InChI is InChI=1S/C12H21N3O2/c1-15(11(17)7-14-10(16)6-13)12(8-2-3-8)9-4-5-9/h8-9,12H,2-7,13H2,1H3,(H,14,16). The van der Waals surface area contributed by atoms with Gasteiger partial charge in [0.1, 0.15) is 0 Å². The third-order valence-electron chi connectivity index (χ3n) is 3.67. The first-order chi connectivity index (χ1) is 8.13. The van der Waals surface area contributed by atoms with Gasteiger partial charge in [0.25, 0.3) is 0 Å². The Morgan fingerprint density at radius 1 is 1.29 bits per heavy atom. The maximum atomic E-state index is 11.9. The molecule has 0 aromatic rings. The molecule has 0 saturated heterocycles. The fourth-order valence-corrected chi connectivity index (χ4v) is 2.43. The first kappa shape index (κ1) is 12.4. The summed E-state index contributed by atoms with van der Waals surface area (Å²) in [5.41, 5.74) is 5.17. The van der Waals surface area contributed by atoms with Gasteiger partial charge in [0.05, 0.1) is 13.1 Å². The Kier molecular flexibility index (Phi) is 3.66. The van der Waals surface area contributed by atoms with Crippen molar-refractivity contribution in [2.75, 3.05) is 20.1 Å². The number of hydrogen-bond donors (Lipinski definition) is 2. The molecule has 2 aliphatic rings.